The Hall–Kier alpha value is -5.13. The molecule has 0 aromatic carbocycles. The van der Waals surface area contributed by atoms with Gasteiger partial charge in [0.05, 0.1) is 19.2 Å². The number of hydrogen-bond acceptors (Lipinski definition) is 14. The van der Waals surface area contributed by atoms with Gasteiger partial charge in [0.25, 0.3) is 0 Å². The molecule has 0 radical (unpaired) electrons. The van der Waals surface area contributed by atoms with Crippen molar-refractivity contribution in [2.45, 2.75) is 53.0 Å². The monoisotopic (exact) mass is 663 g/mol. The lowest BCUT2D eigenvalue weighted by Gasteiger charge is -2.44. The molecule has 2 atom stereocenters. The highest BCUT2D eigenvalue weighted by Gasteiger charge is 2.41. The maximum Gasteiger partial charge on any atom is 0.404 e. The van der Waals surface area contributed by atoms with Gasteiger partial charge in [0, 0.05) is 24.3 Å². The number of carbonyl (C=O) groups excluding carboxylic acids is 7. The Labute approximate surface area is 274 Å². The predicted molar refractivity (Wildman–Crippen MR) is 169 cm³/mol. The molecular formula is C32H45N3O12. The molecular weight excluding hydrogens is 618 g/mol. The summed E-state index contributed by atoms with van der Waals surface area (Å²) in [4.78, 5) is 82.9. The number of primary amides is 1. The fourth-order valence-corrected chi connectivity index (χ4v) is 4.61. The second-order valence-electron chi connectivity index (χ2n) is 11.3. The second-order valence-corrected chi connectivity index (χ2v) is 11.3. The molecule has 0 spiro atoms. The van der Waals surface area contributed by atoms with Crippen LogP contribution < -0.4 is 5.73 Å². The van der Waals surface area contributed by atoms with E-state index in [0.29, 0.717) is 13.2 Å². The SMILES string of the molecule is C=CC(=O)OCC(COC(=O)C=C)(COC(=O)C=C)COC(=O)C=C.CC1(C)CC(N=C=O)CC(C)(CN=C=O)C1.CCOC(N)=O. The highest BCUT2D eigenvalue weighted by atomic mass is 16.6. The number of isocyanates is 2. The lowest BCUT2D eigenvalue weighted by Crippen LogP contribution is -2.43. The lowest BCUT2D eigenvalue weighted by molar-refractivity contribution is -0.164. The number of amides is 1. The molecule has 15 heteroatoms. The van der Waals surface area contributed by atoms with Gasteiger partial charge in [-0.05, 0) is 37.0 Å². The molecule has 2 N–H and O–H groups in total. The molecule has 0 aliphatic heterocycles. The van der Waals surface area contributed by atoms with Crippen LogP contribution in [0.3, 0.4) is 0 Å². The third-order valence-corrected chi connectivity index (χ3v) is 6.22. The van der Waals surface area contributed by atoms with Gasteiger partial charge in [-0.1, -0.05) is 47.1 Å². The van der Waals surface area contributed by atoms with E-state index < -0.39 is 35.4 Å². The maximum absolute atomic E-state index is 11.3. The van der Waals surface area contributed by atoms with Crippen LogP contribution in [0.1, 0.15) is 47.0 Å². The summed E-state index contributed by atoms with van der Waals surface area (Å²) in [6.45, 7) is 20.4. The summed E-state index contributed by atoms with van der Waals surface area (Å²) in [6.07, 6.45) is 8.86. The number of rotatable bonds is 16. The summed E-state index contributed by atoms with van der Waals surface area (Å²) in [5.41, 5.74) is 3.26. The largest absolute Gasteiger partial charge is 0.462 e. The number of hydrogen-bond donors (Lipinski definition) is 1. The summed E-state index contributed by atoms with van der Waals surface area (Å²) in [6, 6.07) is 0.00750. The molecule has 15 nitrogen and oxygen atoms in total. The second kappa shape index (κ2) is 23.2. The maximum atomic E-state index is 11.3. The quantitative estimate of drug-likeness (QED) is 0.0828. The van der Waals surface area contributed by atoms with E-state index in [4.69, 9.17) is 18.9 Å². The van der Waals surface area contributed by atoms with E-state index in [1.54, 1.807) is 19.1 Å². The first-order valence-electron chi connectivity index (χ1n) is 14.2. The van der Waals surface area contributed by atoms with Crippen LogP contribution in [0, 0.1) is 16.2 Å². The van der Waals surface area contributed by atoms with E-state index in [0.717, 1.165) is 43.6 Å². The van der Waals surface area contributed by atoms with Crippen molar-refractivity contribution in [3.63, 3.8) is 0 Å². The first-order chi connectivity index (χ1) is 22.0. The van der Waals surface area contributed by atoms with Crippen molar-refractivity contribution in [1.29, 1.82) is 0 Å². The van der Waals surface area contributed by atoms with Gasteiger partial charge in [0.15, 0.2) is 0 Å². The molecule has 0 aromatic heterocycles. The van der Waals surface area contributed by atoms with Gasteiger partial charge in [-0.25, -0.2) is 43.5 Å². The van der Waals surface area contributed by atoms with Crippen LogP contribution in [-0.4, -0.2) is 87.8 Å². The molecule has 0 aromatic rings. The molecule has 1 aliphatic rings. The van der Waals surface area contributed by atoms with Crippen molar-refractivity contribution in [2.75, 3.05) is 39.6 Å². The molecule has 0 saturated heterocycles. The lowest BCUT2D eigenvalue weighted by atomic mass is 9.63. The molecule has 1 aliphatic carbocycles. The van der Waals surface area contributed by atoms with Crippen molar-refractivity contribution >= 4 is 42.1 Å². The van der Waals surface area contributed by atoms with Crippen molar-refractivity contribution in [1.82, 2.24) is 0 Å². The number of aliphatic imine (C=N–C) groups is 2. The normalized spacial score (nSPS) is 17.2. The van der Waals surface area contributed by atoms with Crippen LogP contribution in [0.2, 0.25) is 0 Å². The Bertz CT molecular complexity index is 1110. The Morgan fingerprint density at radius 2 is 1.17 bits per heavy atom. The fraction of sp³-hybridized carbons (Fsp3) is 0.531. The van der Waals surface area contributed by atoms with Gasteiger partial charge < -0.3 is 29.4 Å². The zero-order valence-corrected chi connectivity index (χ0v) is 27.4. The molecule has 0 heterocycles. The van der Waals surface area contributed by atoms with Crippen molar-refractivity contribution in [3.8, 4) is 0 Å². The molecule has 47 heavy (non-hydrogen) atoms. The molecule has 1 fully saturated rings. The third kappa shape index (κ3) is 21.3. The molecule has 1 saturated carbocycles. The number of nitrogens with zero attached hydrogens (tertiary/aromatic N) is 2. The zero-order chi connectivity index (χ0) is 36.5. The van der Waals surface area contributed by atoms with E-state index in [9.17, 15) is 33.6 Å². The minimum atomic E-state index is -1.34. The van der Waals surface area contributed by atoms with Crippen LogP contribution in [0.4, 0.5) is 4.79 Å². The average Bonchev–Trinajstić information content (AvgIpc) is 3.02. The van der Waals surface area contributed by atoms with Gasteiger partial charge in [0.1, 0.15) is 31.8 Å². The number of esters is 4. The number of carbonyl (C=O) groups is 5. The Balaban J connectivity index is 0. The Morgan fingerprint density at radius 1 is 0.766 bits per heavy atom. The van der Waals surface area contributed by atoms with Gasteiger partial charge in [-0.3, -0.25) is 0 Å². The zero-order valence-electron chi connectivity index (χ0n) is 27.4. The summed E-state index contributed by atoms with van der Waals surface area (Å²) in [7, 11) is 0. The van der Waals surface area contributed by atoms with Crippen LogP contribution in [-0.2, 0) is 52.5 Å². The fourth-order valence-electron chi connectivity index (χ4n) is 4.61. The van der Waals surface area contributed by atoms with Crippen molar-refractivity contribution < 1.29 is 57.2 Å². The van der Waals surface area contributed by atoms with Crippen molar-refractivity contribution in [2.24, 2.45) is 32.0 Å². The van der Waals surface area contributed by atoms with E-state index >= 15 is 0 Å². The molecule has 1 amide bonds. The summed E-state index contributed by atoms with van der Waals surface area (Å²) in [5, 5.41) is 0. The highest BCUT2D eigenvalue weighted by molar-refractivity contribution is 5.82. The first-order valence-corrected chi connectivity index (χ1v) is 14.2. The molecule has 260 valence electrons. The highest BCUT2D eigenvalue weighted by Crippen LogP contribution is 2.47. The van der Waals surface area contributed by atoms with Crippen LogP contribution in [0.25, 0.3) is 0 Å². The van der Waals surface area contributed by atoms with Gasteiger partial charge in [-0.2, -0.15) is 0 Å². The van der Waals surface area contributed by atoms with Gasteiger partial charge >= 0.3 is 30.0 Å². The van der Waals surface area contributed by atoms with Crippen LogP contribution in [0.5, 0.6) is 0 Å². The van der Waals surface area contributed by atoms with E-state index in [-0.39, 0.29) is 43.3 Å². The summed E-state index contributed by atoms with van der Waals surface area (Å²) in [5.74, 6) is -3.04. The average molecular weight is 664 g/mol. The Kier molecular flexibility index (Phi) is 21.8. The minimum absolute atomic E-state index is 0.00750. The van der Waals surface area contributed by atoms with E-state index in [2.05, 4.69) is 67.5 Å². The van der Waals surface area contributed by atoms with Crippen LogP contribution >= 0.6 is 0 Å². The van der Waals surface area contributed by atoms with Gasteiger partial charge in [0.2, 0.25) is 12.2 Å². The predicted octanol–water partition coefficient (Wildman–Crippen LogP) is 3.23. The van der Waals surface area contributed by atoms with Crippen molar-refractivity contribution in [3.05, 3.63) is 50.6 Å². The molecule has 2 unspecified atom stereocenters. The first kappa shape index (κ1) is 44.0. The van der Waals surface area contributed by atoms with Gasteiger partial charge in [-0.15, -0.1) is 0 Å². The van der Waals surface area contributed by atoms with Crippen LogP contribution in [0.15, 0.2) is 60.6 Å². The standard InChI is InChI=1S/C17H20O8.C12H18N2O2.C3H7NO2/c1-5-13(18)22-9-17(10-23-14(19)6-2,11-24-15(20)7-3)12-25-16(21)8-4;1-11(2)4-10(14-9-16)5-12(3,6-11)7-13-8-15;1-2-6-3(4)5/h5-8H,1-4,9-12H2;10H,4-7H2,1-3H3;2H2,1H3,(H2,4,5). The van der Waals surface area contributed by atoms with E-state index in [1.807, 2.05) is 0 Å². The number of ether oxygens (including phenoxy) is 5. The topological polar surface area (TPSA) is 216 Å². The summed E-state index contributed by atoms with van der Waals surface area (Å²) >= 11 is 0. The summed E-state index contributed by atoms with van der Waals surface area (Å²) < 4.78 is 24.0. The Morgan fingerprint density at radius 3 is 1.45 bits per heavy atom. The van der Waals surface area contributed by atoms with E-state index in [1.165, 1.54) is 0 Å². The smallest absolute Gasteiger partial charge is 0.404 e. The number of nitrogens with two attached hydrogens (primary N) is 1. The molecule has 0 bridgehead atoms. The molecule has 1 rings (SSSR count). The third-order valence-electron chi connectivity index (χ3n) is 6.22. The minimum Gasteiger partial charge on any atom is -0.462 e.